The molecule has 0 aliphatic carbocycles. The molecule has 126 valence electrons. The third kappa shape index (κ3) is 3.33. The molecule has 1 heterocycles. The van der Waals surface area contributed by atoms with E-state index in [0.29, 0.717) is 28.7 Å². The highest BCUT2D eigenvalue weighted by molar-refractivity contribution is 5.76. The summed E-state index contributed by atoms with van der Waals surface area (Å²) in [5.74, 6) is -0.335. The van der Waals surface area contributed by atoms with Gasteiger partial charge >= 0.3 is 6.36 Å². The fourth-order valence-corrected chi connectivity index (χ4v) is 2.43. The first-order valence-electron chi connectivity index (χ1n) is 7.34. The summed E-state index contributed by atoms with van der Waals surface area (Å²) in [6.45, 7) is 1.85. The Bertz CT molecular complexity index is 860. The number of ether oxygens (including phenoxy) is 1. The zero-order chi connectivity index (χ0) is 17.3. The second kappa shape index (κ2) is 6.12. The van der Waals surface area contributed by atoms with E-state index in [1.807, 2.05) is 13.0 Å². The van der Waals surface area contributed by atoms with Crippen molar-refractivity contribution < 1.29 is 17.9 Å². The van der Waals surface area contributed by atoms with Crippen LogP contribution in [-0.2, 0) is 0 Å². The highest BCUT2D eigenvalue weighted by Gasteiger charge is 2.31. The molecule has 1 atom stereocenters. The molecule has 24 heavy (non-hydrogen) atoms. The first kappa shape index (κ1) is 16.3. The molecule has 0 fully saturated rings. The predicted molar refractivity (Wildman–Crippen MR) is 82.8 cm³/mol. The van der Waals surface area contributed by atoms with E-state index >= 15 is 0 Å². The summed E-state index contributed by atoms with van der Waals surface area (Å²) in [6.07, 6.45) is -4.20. The highest BCUT2D eigenvalue weighted by Crippen LogP contribution is 2.30. The zero-order valence-corrected chi connectivity index (χ0v) is 12.8. The number of benzene rings is 2. The van der Waals surface area contributed by atoms with E-state index in [0.717, 1.165) is 0 Å². The van der Waals surface area contributed by atoms with Gasteiger partial charge in [0.15, 0.2) is 0 Å². The third-order valence-electron chi connectivity index (χ3n) is 3.61. The van der Waals surface area contributed by atoms with Crippen LogP contribution in [0, 0.1) is 0 Å². The molecule has 1 unspecified atom stereocenters. The number of hydrogen-bond acceptors (Lipinski definition) is 4. The first-order valence-corrected chi connectivity index (χ1v) is 7.34. The topological polar surface area (TPSA) is 66.0 Å². The summed E-state index contributed by atoms with van der Waals surface area (Å²) in [4.78, 5) is 0. The van der Waals surface area contributed by atoms with E-state index in [2.05, 4.69) is 15.0 Å². The van der Waals surface area contributed by atoms with Gasteiger partial charge in [-0.1, -0.05) is 24.3 Å². The van der Waals surface area contributed by atoms with Crippen molar-refractivity contribution in [3.63, 3.8) is 0 Å². The summed E-state index contributed by atoms with van der Waals surface area (Å²) in [5, 5.41) is 8.03. The van der Waals surface area contributed by atoms with Gasteiger partial charge in [0, 0.05) is 12.1 Å². The van der Waals surface area contributed by atoms with Crippen molar-refractivity contribution in [3.05, 3.63) is 48.0 Å². The molecule has 0 radical (unpaired) electrons. The molecular weight excluding hydrogens is 321 g/mol. The Morgan fingerprint density at radius 1 is 1.21 bits per heavy atom. The van der Waals surface area contributed by atoms with Crippen LogP contribution in [0.15, 0.2) is 42.5 Å². The highest BCUT2D eigenvalue weighted by atomic mass is 19.4. The van der Waals surface area contributed by atoms with Gasteiger partial charge in [0.1, 0.15) is 11.3 Å². The van der Waals surface area contributed by atoms with Gasteiger partial charge in [-0.05, 0) is 36.2 Å². The number of alkyl halides is 3. The monoisotopic (exact) mass is 336 g/mol. The van der Waals surface area contributed by atoms with Crippen molar-refractivity contribution in [3.8, 4) is 11.4 Å². The van der Waals surface area contributed by atoms with Crippen LogP contribution in [0.3, 0.4) is 0 Å². The van der Waals surface area contributed by atoms with Crippen LogP contribution >= 0.6 is 0 Å². The minimum atomic E-state index is -4.78. The van der Waals surface area contributed by atoms with Crippen molar-refractivity contribution >= 4 is 11.0 Å². The summed E-state index contributed by atoms with van der Waals surface area (Å²) in [6, 6.07) is 11.0. The van der Waals surface area contributed by atoms with E-state index < -0.39 is 12.4 Å². The van der Waals surface area contributed by atoms with Gasteiger partial charge in [0.2, 0.25) is 0 Å². The molecule has 2 aromatic carbocycles. The van der Waals surface area contributed by atoms with E-state index in [4.69, 9.17) is 5.73 Å². The average Bonchev–Trinajstić information content (AvgIpc) is 2.96. The molecule has 0 saturated carbocycles. The van der Waals surface area contributed by atoms with Crippen molar-refractivity contribution in [2.75, 3.05) is 0 Å². The van der Waals surface area contributed by atoms with Crippen molar-refractivity contribution in [2.45, 2.75) is 25.7 Å². The average molecular weight is 336 g/mol. The molecule has 0 spiro atoms. The summed E-state index contributed by atoms with van der Waals surface area (Å²) in [5.41, 5.74) is 8.24. The number of aromatic nitrogens is 3. The standard InChI is InChI=1S/C16H15F3N4O/c1-2-13(20)10-7-11(9-12(8-10)24-16(17,18)19)23-15-6-4-3-5-14(15)21-22-23/h3-9,13H,2,20H2,1H3. The van der Waals surface area contributed by atoms with Gasteiger partial charge in [0.25, 0.3) is 0 Å². The minimum absolute atomic E-state index is 0.335. The van der Waals surface area contributed by atoms with Gasteiger partial charge in [-0.3, -0.25) is 0 Å². The number of hydrogen-bond donors (Lipinski definition) is 1. The maximum Gasteiger partial charge on any atom is 0.573 e. The molecule has 0 aliphatic rings. The third-order valence-corrected chi connectivity index (χ3v) is 3.61. The minimum Gasteiger partial charge on any atom is -0.406 e. The maximum absolute atomic E-state index is 12.6. The maximum atomic E-state index is 12.6. The van der Waals surface area contributed by atoms with Gasteiger partial charge in [-0.2, -0.15) is 0 Å². The number of para-hydroxylation sites is 1. The van der Waals surface area contributed by atoms with Crippen LogP contribution in [0.5, 0.6) is 5.75 Å². The number of halogens is 3. The summed E-state index contributed by atoms with van der Waals surface area (Å²) in [7, 11) is 0. The van der Waals surface area contributed by atoms with Gasteiger partial charge < -0.3 is 10.5 Å². The smallest absolute Gasteiger partial charge is 0.406 e. The van der Waals surface area contributed by atoms with E-state index in [-0.39, 0.29) is 5.75 Å². The van der Waals surface area contributed by atoms with Crippen LogP contribution in [0.4, 0.5) is 13.2 Å². The van der Waals surface area contributed by atoms with Crippen LogP contribution < -0.4 is 10.5 Å². The molecular formula is C16H15F3N4O. The first-order chi connectivity index (χ1) is 11.4. The van der Waals surface area contributed by atoms with Crippen LogP contribution in [0.25, 0.3) is 16.7 Å². The number of nitrogens with zero attached hydrogens (tertiary/aromatic N) is 3. The Morgan fingerprint density at radius 3 is 2.67 bits per heavy atom. The van der Waals surface area contributed by atoms with Crippen molar-refractivity contribution in [2.24, 2.45) is 5.73 Å². The molecule has 1 aromatic heterocycles. The van der Waals surface area contributed by atoms with Crippen LogP contribution in [0.2, 0.25) is 0 Å². The molecule has 5 nitrogen and oxygen atoms in total. The lowest BCUT2D eigenvalue weighted by Gasteiger charge is -2.15. The lowest BCUT2D eigenvalue weighted by molar-refractivity contribution is -0.274. The lowest BCUT2D eigenvalue weighted by Crippen LogP contribution is -2.18. The van der Waals surface area contributed by atoms with E-state index in [1.165, 1.54) is 16.8 Å². The van der Waals surface area contributed by atoms with E-state index in [9.17, 15) is 13.2 Å². The second-order valence-electron chi connectivity index (χ2n) is 5.31. The Hall–Kier alpha value is -2.61. The molecule has 3 aromatic rings. The fraction of sp³-hybridized carbons (Fsp3) is 0.250. The van der Waals surface area contributed by atoms with Crippen molar-refractivity contribution in [1.29, 1.82) is 0 Å². The van der Waals surface area contributed by atoms with Gasteiger partial charge in [0.05, 0.1) is 11.2 Å². The Balaban J connectivity index is 2.14. The van der Waals surface area contributed by atoms with Crippen LogP contribution in [0.1, 0.15) is 24.9 Å². The number of fused-ring (bicyclic) bond motifs is 1. The molecule has 0 aliphatic heterocycles. The fourth-order valence-electron chi connectivity index (χ4n) is 2.43. The quantitative estimate of drug-likeness (QED) is 0.788. The molecule has 3 rings (SSSR count). The van der Waals surface area contributed by atoms with Crippen molar-refractivity contribution in [1.82, 2.24) is 15.0 Å². The SMILES string of the molecule is CCC(N)c1cc(OC(F)(F)F)cc(-n2nnc3ccccc32)c1. The zero-order valence-electron chi connectivity index (χ0n) is 12.8. The Kier molecular flexibility index (Phi) is 4.15. The van der Waals surface area contributed by atoms with Gasteiger partial charge in [-0.25, -0.2) is 4.68 Å². The molecule has 2 N–H and O–H groups in total. The van der Waals surface area contributed by atoms with Gasteiger partial charge in [-0.15, -0.1) is 18.3 Å². The Morgan fingerprint density at radius 2 is 1.96 bits per heavy atom. The number of rotatable bonds is 4. The molecule has 0 bridgehead atoms. The molecule has 0 saturated heterocycles. The van der Waals surface area contributed by atoms with E-state index in [1.54, 1.807) is 24.3 Å². The summed E-state index contributed by atoms with van der Waals surface area (Å²) < 4.78 is 43.3. The normalized spacial score (nSPS) is 13.2. The summed E-state index contributed by atoms with van der Waals surface area (Å²) >= 11 is 0. The Labute approximate surface area is 135 Å². The molecule has 8 heteroatoms. The van der Waals surface area contributed by atoms with Crippen LogP contribution in [-0.4, -0.2) is 21.4 Å². The molecule has 0 amide bonds. The predicted octanol–water partition coefficient (Wildman–Crippen LogP) is 3.73. The lowest BCUT2D eigenvalue weighted by atomic mass is 10.0. The number of nitrogens with two attached hydrogens (primary N) is 1. The largest absolute Gasteiger partial charge is 0.573 e. The second-order valence-corrected chi connectivity index (χ2v) is 5.31.